The van der Waals surface area contributed by atoms with E-state index in [1.807, 2.05) is 30.1 Å². The van der Waals surface area contributed by atoms with Gasteiger partial charge in [-0.15, -0.1) is 0 Å². The van der Waals surface area contributed by atoms with E-state index in [0.717, 1.165) is 30.8 Å². The molecular weight excluding hydrogens is 489 g/mol. The van der Waals surface area contributed by atoms with E-state index in [4.69, 9.17) is 13.9 Å². The van der Waals surface area contributed by atoms with E-state index >= 15 is 0 Å². The number of benzene rings is 2. The van der Waals surface area contributed by atoms with Crippen molar-refractivity contribution in [2.45, 2.75) is 25.8 Å². The minimum atomic E-state index is -4.39. The van der Waals surface area contributed by atoms with Gasteiger partial charge in [0.05, 0.1) is 12.1 Å². The highest BCUT2D eigenvalue weighted by atomic mass is 19.4. The Balaban J connectivity index is 1.32. The number of nitrogens with zero attached hydrogens (tertiary/aromatic N) is 4. The molecule has 2 aromatic carbocycles. The molecule has 2 aliphatic rings. The smallest absolute Gasteiger partial charge is 0.416 e. The lowest BCUT2D eigenvalue weighted by molar-refractivity contribution is -0.137. The van der Waals surface area contributed by atoms with E-state index in [1.54, 1.807) is 4.90 Å². The molecular formula is C26H27F3N4O4. The van der Waals surface area contributed by atoms with Crippen molar-refractivity contribution in [1.29, 1.82) is 0 Å². The second-order valence-corrected chi connectivity index (χ2v) is 9.25. The normalized spacial score (nSPS) is 16.0. The van der Waals surface area contributed by atoms with E-state index < -0.39 is 11.7 Å². The SMILES string of the molecule is CN1CCN(C(=O)c2coc(CN(Cc3ccc(C(F)(F)F)cc3)Cc3ccc4c(c3)OCO4)n2)CC1. The highest BCUT2D eigenvalue weighted by Gasteiger charge is 2.30. The number of halogens is 3. The van der Waals surface area contributed by atoms with Gasteiger partial charge in [0.15, 0.2) is 17.2 Å². The number of piperazine rings is 1. The number of fused-ring (bicyclic) bond motifs is 1. The minimum absolute atomic E-state index is 0.161. The number of carbonyl (C=O) groups is 1. The standard InChI is InChI=1S/C26H27F3N4O4/c1-31-8-10-33(11-9-31)25(34)21-16-35-24(30-21)15-32(13-18-2-5-20(6-3-18)26(27,28)29)14-19-4-7-22-23(12-19)37-17-36-22/h2-7,12,16H,8-11,13-15,17H2,1H3. The van der Waals surface area contributed by atoms with Crippen LogP contribution in [0.2, 0.25) is 0 Å². The Hall–Kier alpha value is -3.57. The maximum absolute atomic E-state index is 13.0. The van der Waals surface area contributed by atoms with E-state index in [2.05, 4.69) is 9.88 Å². The van der Waals surface area contributed by atoms with Crippen molar-refractivity contribution in [2.24, 2.45) is 0 Å². The Kier molecular flexibility index (Phi) is 7.07. The third-order valence-electron chi connectivity index (χ3n) is 6.45. The Morgan fingerprint density at radius 1 is 0.946 bits per heavy atom. The molecule has 1 fully saturated rings. The second kappa shape index (κ2) is 10.4. The van der Waals surface area contributed by atoms with Crippen LogP contribution in [-0.2, 0) is 25.8 Å². The predicted octanol–water partition coefficient (Wildman–Crippen LogP) is 4.01. The van der Waals surface area contributed by atoms with Gasteiger partial charge < -0.3 is 23.7 Å². The third-order valence-corrected chi connectivity index (χ3v) is 6.45. The third kappa shape index (κ3) is 6.05. The lowest BCUT2D eigenvalue weighted by Crippen LogP contribution is -2.47. The summed E-state index contributed by atoms with van der Waals surface area (Å²) in [5.74, 6) is 1.49. The number of aromatic nitrogens is 1. The quantitative estimate of drug-likeness (QED) is 0.470. The molecule has 1 saturated heterocycles. The van der Waals surface area contributed by atoms with E-state index in [9.17, 15) is 18.0 Å². The summed E-state index contributed by atoms with van der Waals surface area (Å²) in [6.45, 7) is 4.06. The van der Waals surface area contributed by atoms with Crippen molar-refractivity contribution in [3.05, 3.63) is 77.0 Å². The lowest BCUT2D eigenvalue weighted by atomic mass is 10.1. The number of carbonyl (C=O) groups excluding carboxylic acids is 1. The van der Waals surface area contributed by atoms with Crippen molar-refractivity contribution in [3.8, 4) is 11.5 Å². The van der Waals surface area contributed by atoms with Crippen molar-refractivity contribution in [2.75, 3.05) is 40.0 Å². The molecule has 0 saturated carbocycles. The van der Waals surface area contributed by atoms with Crippen molar-refractivity contribution in [1.82, 2.24) is 19.7 Å². The molecule has 0 aliphatic carbocycles. The first-order valence-corrected chi connectivity index (χ1v) is 11.9. The topological polar surface area (TPSA) is 71.3 Å². The predicted molar refractivity (Wildman–Crippen MR) is 127 cm³/mol. The molecule has 196 valence electrons. The first-order chi connectivity index (χ1) is 17.7. The van der Waals surface area contributed by atoms with E-state index in [0.29, 0.717) is 49.1 Å². The highest BCUT2D eigenvalue weighted by Crippen LogP contribution is 2.33. The van der Waals surface area contributed by atoms with Gasteiger partial charge in [0, 0.05) is 39.3 Å². The fourth-order valence-electron chi connectivity index (χ4n) is 4.37. The fourth-order valence-corrected chi connectivity index (χ4v) is 4.37. The van der Waals surface area contributed by atoms with Gasteiger partial charge >= 0.3 is 6.18 Å². The number of oxazole rings is 1. The van der Waals surface area contributed by atoms with Gasteiger partial charge in [-0.3, -0.25) is 9.69 Å². The zero-order valence-electron chi connectivity index (χ0n) is 20.3. The van der Waals surface area contributed by atoms with E-state index in [-0.39, 0.29) is 24.9 Å². The number of ether oxygens (including phenoxy) is 2. The summed E-state index contributed by atoms with van der Waals surface area (Å²) in [6, 6.07) is 10.7. The molecule has 11 heteroatoms. The fraction of sp³-hybridized carbons (Fsp3) is 0.385. The second-order valence-electron chi connectivity index (χ2n) is 9.25. The molecule has 1 aromatic heterocycles. The van der Waals surface area contributed by atoms with Gasteiger partial charge in [0.2, 0.25) is 12.7 Å². The van der Waals surface area contributed by atoms with Crippen LogP contribution in [0.25, 0.3) is 0 Å². The highest BCUT2D eigenvalue weighted by molar-refractivity contribution is 5.92. The number of likely N-dealkylation sites (N-methyl/N-ethyl adjacent to an activating group) is 1. The van der Waals surface area contributed by atoms with Gasteiger partial charge in [-0.1, -0.05) is 18.2 Å². The van der Waals surface area contributed by atoms with Gasteiger partial charge in [-0.2, -0.15) is 13.2 Å². The molecule has 0 bridgehead atoms. The Morgan fingerprint density at radius 3 is 2.35 bits per heavy atom. The average Bonchev–Trinajstić information content (AvgIpc) is 3.53. The Bertz CT molecular complexity index is 1240. The van der Waals surface area contributed by atoms with Crippen LogP contribution in [0.5, 0.6) is 11.5 Å². The van der Waals surface area contributed by atoms with Crippen LogP contribution in [0, 0.1) is 0 Å². The monoisotopic (exact) mass is 516 g/mol. The van der Waals surface area contributed by atoms with Gasteiger partial charge in [0.1, 0.15) is 6.26 Å². The van der Waals surface area contributed by atoms with Gasteiger partial charge in [-0.25, -0.2) is 4.98 Å². The van der Waals surface area contributed by atoms with Crippen LogP contribution in [0.4, 0.5) is 13.2 Å². The molecule has 0 spiro atoms. The summed E-state index contributed by atoms with van der Waals surface area (Å²) in [6.07, 6.45) is -3.03. The van der Waals surface area contributed by atoms with Crippen molar-refractivity contribution in [3.63, 3.8) is 0 Å². The summed E-state index contributed by atoms with van der Waals surface area (Å²) in [5.41, 5.74) is 1.18. The van der Waals surface area contributed by atoms with Crippen LogP contribution >= 0.6 is 0 Å². The summed E-state index contributed by atoms with van der Waals surface area (Å²) in [7, 11) is 2.02. The molecule has 2 aliphatic heterocycles. The van der Waals surface area contributed by atoms with Crippen LogP contribution in [0.1, 0.15) is 33.1 Å². The van der Waals surface area contributed by atoms with Gasteiger partial charge in [0.25, 0.3) is 5.91 Å². The molecule has 8 nitrogen and oxygen atoms in total. The van der Waals surface area contributed by atoms with Crippen LogP contribution < -0.4 is 9.47 Å². The number of hydrogen-bond acceptors (Lipinski definition) is 7. The summed E-state index contributed by atoms with van der Waals surface area (Å²) in [4.78, 5) is 23.2. The number of rotatable bonds is 7. The molecule has 3 aromatic rings. The lowest BCUT2D eigenvalue weighted by Gasteiger charge is -2.31. The van der Waals surface area contributed by atoms with Crippen LogP contribution in [0.15, 0.2) is 53.1 Å². The summed E-state index contributed by atoms with van der Waals surface area (Å²) < 4.78 is 55.5. The zero-order valence-corrected chi connectivity index (χ0v) is 20.3. The largest absolute Gasteiger partial charge is 0.454 e. The zero-order chi connectivity index (χ0) is 26.0. The van der Waals surface area contributed by atoms with Crippen molar-refractivity contribution >= 4 is 5.91 Å². The molecule has 5 rings (SSSR count). The Morgan fingerprint density at radius 2 is 1.62 bits per heavy atom. The first kappa shape index (κ1) is 25.1. The van der Waals surface area contributed by atoms with Crippen molar-refractivity contribution < 1.29 is 31.9 Å². The molecule has 0 N–H and O–H groups in total. The van der Waals surface area contributed by atoms with Crippen LogP contribution in [0.3, 0.4) is 0 Å². The summed E-state index contributed by atoms with van der Waals surface area (Å²) >= 11 is 0. The van der Waals surface area contributed by atoms with E-state index in [1.165, 1.54) is 18.4 Å². The molecule has 37 heavy (non-hydrogen) atoms. The minimum Gasteiger partial charge on any atom is -0.454 e. The number of alkyl halides is 3. The first-order valence-electron chi connectivity index (χ1n) is 11.9. The average molecular weight is 517 g/mol. The number of hydrogen-bond donors (Lipinski definition) is 0. The maximum atomic E-state index is 13.0. The molecule has 3 heterocycles. The van der Waals surface area contributed by atoms with Gasteiger partial charge in [-0.05, 0) is 42.4 Å². The summed E-state index contributed by atoms with van der Waals surface area (Å²) in [5, 5.41) is 0. The molecule has 0 unspecified atom stereocenters. The number of amides is 1. The Labute approximate surface area is 212 Å². The molecule has 0 atom stereocenters. The molecule has 0 radical (unpaired) electrons. The van der Waals surface area contributed by atoms with Crippen LogP contribution in [-0.4, -0.2) is 65.6 Å². The maximum Gasteiger partial charge on any atom is 0.416 e. The molecule has 1 amide bonds.